The molecule has 72 valence electrons. The van der Waals surface area contributed by atoms with E-state index in [1.165, 1.54) is 0 Å². The Morgan fingerprint density at radius 3 is 3.36 bits per heavy atom. The highest BCUT2D eigenvalue weighted by molar-refractivity contribution is 6.30. The molecule has 4 nitrogen and oxygen atoms in total. The van der Waals surface area contributed by atoms with Crippen LogP contribution in [0.3, 0.4) is 0 Å². The van der Waals surface area contributed by atoms with E-state index in [1.54, 1.807) is 16.9 Å². The number of fused-ring (bicyclic) bond motifs is 3. The number of ether oxygens (including phenoxy) is 1. The molecule has 2 aromatic rings. The summed E-state index contributed by atoms with van der Waals surface area (Å²) in [6.45, 7) is 0.732. The van der Waals surface area contributed by atoms with Crippen LogP contribution in [0.4, 0.5) is 0 Å². The summed E-state index contributed by atoms with van der Waals surface area (Å²) in [4.78, 5) is 4.19. The second kappa shape index (κ2) is 2.85. The molecule has 5 heteroatoms. The third kappa shape index (κ3) is 1.00. The molecule has 0 radical (unpaired) electrons. The van der Waals surface area contributed by atoms with Gasteiger partial charge in [-0.15, -0.1) is 0 Å². The van der Waals surface area contributed by atoms with E-state index in [0.29, 0.717) is 5.15 Å². The smallest absolute Gasteiger partial charge is 0.196 e. The van der Waals surface area contributed by atoms with E-state index >= 15 is 0 Å². The Labute approximate surface area is 85.5 Å². The predicted octanol–water partition coefficient (Wildman–Crippen LogP) is 1.71. The minimum absolute atomic E-state index is 0.519. The summed E-state index contributed by atoms with van der Waals surface area (Å²) >= 11 is 6.04. The Hall–Kier alpha value is -1.29. The van der Waals surface area contributed by atoms with Crippen molar-refractivity contribution in [3.63, 3.8) is 0 Å². The molecule has 3 rings (SSSR count). The van der Waals surface area contributed by atoms with Gasteiger partial charge in [0.2, 0.25) is 0 Å². The van der Waals surface area contributed by atoms with Crippen molar-refractivity contribution < 1.29 is 4.74 Å². The van der Waals surface area contributed by atoms with Crippen LogP contribution in [0.1, 0.15) is 12.0 Å². The van der Waals surface area contributed by atoms with Gasteiger partial charge in [-0.25, -0.2) is 9.50 Å². The maximum atomic E-state index is 6.04. The van der Waals surface area contributed by atoms with Crippen LogP contribution in [0.2, 0.25) is 5.15 Å². The molecule has 0 saturated carbocycles. The fourth-order valence-electron chi connectivity index (χ4n) is 1.72. The molecule has 2 aromatic heterocycles. The molecule has 0 unspecified atom stereocenters. The third-order valence-electron chi connectivity index (χ3n) is 2.36. The van der Waals surface area contributed by atoms with E-state index in [2.05, 4.69) is 10.1 Å². The van der Waals surface area contributed by atoms with Gasteiger partial charge in [0.05, 0.1) is 6.61 Å². The molecule has 0 saturated heterocycles. The number of imidazole rings is 1. The van der Waals surface area contributed by atoms with Gasteiger partial charge in [-0.1, -0.05) is 11.6 Å². The minimum atomic E-state index is 0.519. The molecule has 1 aliphatic heterocycles. The zero-order chi connectivity index (χ0) is 9.54. The van der Waals surface area contributed by atoms with Crippen LogP contribution in [0, 0.1) is 0 Å². The van der Waals surface area contributed by atoms with Gasteiger partial charge < -0.3 is 4.74 Å². The maximum Gasteiger partial charge on any atom is 0.196 e. The Morgan fingerprint density at radius 1 is 1.50 bits per heavy atom. The van der Waals surface area contributed by atoms with Gasteiger partial charge in [0.15, 0.2) is 16.5 Å². The summed E-state index contributed by atoms with van der Waals surface area (Å²) in [7, 11) is 0. The number of hydrogen-bond donors (Lipinski definition) is 0. The summed E-state index contributed by atoms with van der Waals surface area (Å²) in [6, 6.07) is 0. The van der Waals surface area contributed by atoms with E-state index in [4.69, 9.17) is 16.3 Å². The fraction of sp³-hybridized carbons (Fsp3) is 0.333. The van der Waals surface area contributed by atoms with E-state index < -0.39 is 0 Å². The first-order chi connectivity index (χ1) is 6.86. The maximum absolute atomic E-state index is 6.04. The van der Waals surface area contributed by atoms with E-state index in [1.807, 2.05) is 0 Å². The highest BCUT2D eigenvalue weighted by Crippen LogP contribution is 2.32. The third-order valence-corrected chi connectivity index (χ3v) is 2.66. The standard InChI is InChI=1S/C9H8ClN3O/c10-8-6-2-1-5-14-7(6)9-11-3-4-13(9)12-8/h3-4H,1-2,5H2. The Kier molecular flexibility index (Phi) is 1.64. The predicted molar refractivity (Wildman–Crippen MR) is 51.8 cm³/mol. The molecule has 0 aromatic carbocycles. The summed E-state index contributed by atoms with van der Waals surface area (Å²) in [6.07, 6.45) is 5.37. The Morgan fingerprint density at radius 2 is 2.43 bits per heavy atom. The quantitative estimate of drug-likeness (QED) is 0.663. The fourth-order valence-corrected chi connectivity index (χ4v) is 1.98. The molecule has 0 amide bonds. The van der Waals surface area contributed by atoms with Gasteiger partial charge in [0, 0.05) is 18.0 Å². The number of aromatic nitrogens is 3. The van der Waals surface area contributed by atoms with Crippen LogP contribution in [0.25, 0.3) is 5.65 Å². The van der Waals surface area contributed by atoms with Crippen molar-refractivity contribution in [3.05, 3.63) is 23.1 Å². The zero-order valence-corrected chi connectivity index (χ0v) is 8.16. The first kappa shape index (κ1) is 8.05. The van der Waals surface area contributed by atoms with Gasteiger partial charge in [-0.2, -0.15) is 5.10 Å². The molecule has 0 aliphatic carbocycles. The van der Waals surface area contributed by atoms with Crippen molar-refractivity contribution in [2.75, 3.05) is 6.61 Å². The number of rotatable bonds is 0. The molecule has 3 heterocycles. The minimum Gasteiger partial charge on any atom is -0.489 e. The normalized spacial score (nSPS) is 15.2. The van der Waals surface area contributed by atoms with E-state index in [-0.39, 0.29) is 0 Å². The van der Waals surface area contributed by atoms with Crippen LogP contribution in [-0.2, 0) is 6.42 Å². The van der Waals surface area contributed by atoms with Crippen molar-refractivity contribution in [2.45, 2.75) is 12.8 Å². The molecule has 0 spiro atoms. The summed E-state index contributed by atoms with van der Waals surface area (Å²) in [5.41, 5.74) is 1.74. The van der Waals surface area contributed by atoms with Crippen molar-refractivity contribution in [1.29, 1.82) is 0 Å². The Bertz CT molecular complexity index is 494. The van der Waals surface area contributed by atoms with Crippen molar-refractivity contribution >= 4 is 17.2 Å². The Balaban J connectivity index is 2.39. The second-order valence-corrected chi connectivity index (χ2v) is 3.60. The van der Waals surface area contributed by atoms with Crippen LogP contribution in [-0.4, -0.2) is 21.2 Å². The average Bonchev–Trinajstić information content (AvgIpc) is 2.66. The molecule has 0 fully saturated rings. The number of halogens is 1. The lowest BCUT2D eigenvalue weighted by molar-refractivity contribution is 0.289. The highest BCUT2D eigenvalue weighted by Gasteiger charge is 2.19. The summed E-state index contributed by atoms with van der Waals surface area (Å²) in [5, 5.41) is 4.71. The molecule has 0 atom stereocenters. The van der Waals surface area contributed by atoms with Gasteiger partial charge >= 0.3 is 0 Å². The lowest BCUT2D eigenvalue weighted by Gasteiger charge is -2.17. The van der Waals surface area contributed by atoms with Crippen molar-refractivity contribution in [3.8, 4) is 5.75 Å². The molecule has 0 bridgehead atoms. The summed E-state index contributed by atoms with van der Waals surface area (Å²) in [5.74, 6) is 0.793. The van der Waals surface area contributed by atoms with E-state index in [9.17, 15) is 0 Å². The van der Waals surface area contributed by atoms with Crippen LogP contribution in [0.15, 0.2) is 12.4 Å². The van der Waals surface area contributed by atoms with E-state index in [0.717, 1.165) is 36.4 Å². The van der Waals surface area contributed by atoms with Gasteiger partial charge in [0.25, 0.3) is 0 Å². The lowest BCUT2D eigenvalue weighted by Crippen LogP contribution is -2.12. The first-order valence-corrected chi connectivity index (χ1v) is 4.88. The largest absolute Gasteiger partial charge is 0.489 e. The molecular formula is C9H8ClN3O. The van der Waals surface area contributed by atoms with Gasteiger partial charge in [-0.05, 0) is 12.8 Å². The van der Waals surface area contributed by atoms with Gasteiger partial charge in [0.1, 0.15) is 0 Å². The molecular weight excluding hydrogens is 202 g/mol. The SMILES string of the molecule is Clc1nn2ccnc2c2c1CCCO2. The molecule has 14 heavy (non-hydrogen) atoms. The summed E-state index contributed by atoms with van der Waals surface area (Å²) < 4.78 is 7.21. The van der Waals surface area contributed by atoms with Crippen LogP contribution < -0.4 is 4.74 Å². The average molecular weight is 210 g/mol. The second-order valence-electron chi connectivity index (χ2n) is 3.25. The number of hydrogen-bond acceptors (Lipinski definition) is 3. The topological polar surface area (TPSA) is 39.4 Å². The van der Waals surface area contributed by atoms with Crippen LogP contribution >= 0.6 is 11.6 Å². The molecule has 0 N–H and O–H groups in total. The first-order valence-electron chi connectivity index (χ1n) is 4.51. The monoisotopic (exact) mass is 209 g/mol. The molecule has 1 aliphatic rings. The zero-order valence-electron chi connectivity index (χ0n) is 7.40. The van der Waals surface area contributed by atoms with Crippen molar-refractivity contribution in [2.24, 2.45) is 0 Å². The number of nitrogens with zero attached hydrogens (tertiary/aromatic N) is 3. The highest BCUT2D eigenvalue weighted by atomic mass is 35.5. The van der Waals surface area contributed by atoms with Crippen LogP contribution in [0.5, 0.6) is 5.75 Å². The lowest BCUT2D eigenvalue weighted by atomic mass is 10.1. The van der Waals surface area contributed by atoms with Crippen molar-refractivity contribution in [1.82, 2.24) is 14.6 Å². The van der Waals surface area contributed by atoms with Gasteiger partial charge in [-0.3, -0.25) is 0 Å².